The predicted octanol–water partition coefficient (Wildman–Crippen LogP) is 14.2. The molecule has 0 aliphatic carbocycles. The molecule has 0 fully saturated rings. The van der Waals surface area contributed by atoms with E-state index in [1.807, 2.05) is 0 Å². The van der Waals surface area contributed by atoms with Gasteiger partial charge < -0.3 is 0 Å². The van der Waals surface area contributed by atoms with E-state index in [0.717, 1.165) is 39.3 Å². The van der Waals surface area contributed by atoms with E-state index in [1.54, 1.807) is 0 Å². The second kappa shape index (κ2) is 26.0. The lowest BCUT2D eigenvalue weighted by molar-refractivity contribution is 0.554. The molecule has 0 saturated heterocycles. The zero-order valence-corrected chi connectivity index (χ0v) is 30.0. The standard InChI is InChI=1S/C36H63BrFI/c1-4-7-10-13-16-19-22-25-28-31-32(29-26-23-20-17-14-11-8-5-2)36(39)35(38)33(34(31)37)30-27-24-21-18-15-12-9-6-3/h4-30H2,1-3H3. The lowest BCUT2D eigenvalue weighted by Crippen LogP contribution is -2.08. The monoisotopic (exact) mass is 720 g/mol. The fourth-order valence-corrected chi connectivity index (χ4v) is 7.59. The van der Waals surface area contributed by atoms with Gasteiger partial charge in [0, 0.05) is 10.0 Å². The third kappa shape index (κ3) is 17.2. The maximum Gasteiger partial charge on any atom is 0.141 e. The number of hydrogen-bond donors (Lipinski definition) is 0. The molecule has 39 heavy (non-hydrogen) atoms. The van der Waals surface area contributed by atoms with Crippen molar-refractivity contribution in [1.82, 2.24) is 0 Å². The highest BCUT2D eigenvalue weighted by Crippen LogP contribution is 2.36. The lowest BCUT2D eigenvalue weighted by atomic mass is 9.92. The first-order valence-corrected chi connectivity index (χ1v) is 19.1. The number of rotatable bonds is 27. The summed E-state index contributed by atoms with van der Waals surface area (Å²) in [7, 11) is 0. The van der Waals surface area contributed by atoms with Gasteiger partial charge in [0.15, 0.2) is 0 Å². The van der Waals surface area contributed by atoms with Gasteiger partial charge >= 0.3 is 0 Å². The van der Waals surface area contributed by atoms with E-state index >= 15 is 4.39 Å². The van der Waals surface area contributed by atoms with Gasteiger partial charge in [0.2, 0.25) is 0 Å². The Morgan fingerprint density at radius 3 is 1.08 bits per heavy atom. The minimum Gasteiger partial charge on any atom is -0.205 e. The molecule has 0 atom stereocenters. The molecule has 0 aliphatic rings. The van der Waals surface area contributed by atoms with Gasteiger partial charge in [-0.1, -0.05) is 172 Å². The van der Waals surface area contributed by atoms with Gasteiger partial charge in [0.05, 0.1) is 3.57 Å². The molecular formula is C36H63BrFI. The van der Waals surface area contributed by atoms with Gasteiger partial charge in [0.1, 0.15) is 5.82 Å². The zero-order valence-electron chi connectivity index (χ0n) is 26.2. The molecule has 0 saturated carbocycles. The van der Waals surface area contributed by atoms with Gasteiger partial charge in [-0.2, -0.15) is 0 Å². The normalized spacial score (nSPS) is 11.5. The van der Waals surface area contributed by atoms with Crippen molar-refractivity contribution in [3.05, 3.63) is 30.6 Å². The van der Waals surface area contributed by atoms with Crippen molar-refractivity contribution in [1.29, 1.82) is 0 Å². The summed E-state index contributed by atoms with van der Waals surface area (Å²) in [4.78, 5) is 0. The summed E-state index contributed by atoms with van der Waals surface area (Å²) in [6.07, 6.45) is 34.7. The van der Waals surface area contributed by atoms with E-state index in [2.05, 4.69) is 59.3 Å². The molecule has 1 aromatic rings. The Hall–Kier alpha value is 0.360. The van der Waals surface area contributed by atoms with E-state index in [1.165, 1.54) is 159 Å². The number of benzene rings is 1. The summed E-state index contributed by atoms with van der Waals surface area (Å²) in [5.41, 5.74) is 3.71. The third-order valence-electron chi connectivity index (χ3n) is 8.46. The maximum atomic E-state index is 15.7. The van der Waals surface area contributed by atoms with Crippen LogP contribution in [0.3, 0.4) is 0 Å². The minimum absolute atomic E-state index is 0.0691. The summed E-state index contributed by atoms with van der Waals surface area (Å²) in [6, 6.07) is 0. The van der Waals surface area contributed by atoms with Crippen molar-refractivity contribution < 1.29 is 4.39 Å². The maximum absolute atomic E-state index is 15.7. The molecule has 0 N–H and O–H groups in total. The average molecular weight is 722 g/mol. The first-order chi connectivity index (χ1) is 19.1. The van der Waals surface area contributed by atoms with Crippen molar-refractivity contribution >= 4 is 38.5 Å². The van der Waals surface area contributed by atoms with Crippen molar-refractivity contribution in [2.45, 2.75) is 194 Å². The fourth-order valence-electron chi connectivity index (χ4n) is 5.86. The van der Waals surface area contributed by atoms with Crippen LogP contribution in [0.25, 0.3) is 0 Å². The molecule has 0 spiro atoms. The lowest BCUT2D eigenvalue weighted by Gasteiger charge is -2.19. The molecule has 0 bridgehead atoms. The van der Waals surface area contributed by atoms with Crippen molar-refractivity contribution in [2.24, 2.45) is 0 Å². The van der Waals surface area contributed by atoms with Crippen LogP contribution in [0.1, 0.15) is 192 Å². The largest absolute Gasteiger partial charge is 0.205 e. The zero-order chi connectivity index (χ0) is 28.6. The summed E-state index contributed by atoms with van der Waals surface area (Å²) < 4.78 is 17.8. The molecule has 1 rings (SSSR count). The van der Waals surface area contributed by atoms with Crippen LogP contribution in [0.5, 0.6) is 0 Å². The fraction of sp³-hybridized carbons (Fsp3) is 0.833. The van der Waals surface area contributed by atoms with Gasteiger partial charge in [-0.25, -0.2) is 4.39 Å². The number of halogens is 3. The molecule has 0 heterocycles. The molecule has 0 nitrogen and oxygen atoms in total. The minimum atomic E-state index is 0.0691. The van der Waals surface area contributed by atoms with Crippen molar-refractivity contribution in [2.75, 3.05) is 0 Å². The van der Waals surface area contributed by atoms with E-state index in [-0.39, 0.29) is 5.82 Å². The average Bonchev–Trinajstić information content (AvgIpc) is 2.94. The van der Waals surface area contributed by atoms with Crippen LogP contribution >= 0.6 is 38.5 Å². The highest BCUT2D eigenvalue weighted by atomic mass is 127. The van der Waals surface area contributed by atoms with Gasteiger partial charge in [0.25, 0.3) is 0 Å². The topological polar surface area (TPSA) is 0 Å². The smallest absolute Gasteiger partial charge is 0.141 e. The van der Waals surface area contributed by atoms with Gasteiger partial charge in [-0.05, 0) is 72.2 Å². The van der Waals surface area contributed by atoms with Crippen LogP contribution in [0, 0.1) is 9.39 Å². The van der Waals surface area contributed by atoms with Crippen molar-refractivity contribution in [3.8, 4) is 0 Å². The van der Waals surface area contributed by atoms with Crippen LogP contribution < -0.4 is 0 Å². The van der Waals surface area contributed by atoms with Crippen LogP contribution in [0.15, 0.2) is 4.47 Å². The van der Waals surface area contributed by atoms with Crippen LogP contribution in [-0.2, 0) is 19.3 Å². The first-order valence-electron chi connectivity index (χ1n) is 17.2. The summed E-state index contributed by atoms with van der Waals surface area (Å²) in [6.45, 7) is 6.85. The molecule has 0 aliphatic heterocycles. The van der Waals surface area contributed by atoms with Gasteiger partial charge in [-0.15, -0.1) is 0 Å². The third-order valence-corrected chi connectivity index (χ3v) is 10.5. The molecule has 0 aromatic heterocycles. The number of hydrogen-bond acceptors (Lipinski definition) is 0. The Kier molecular flexibility index (Phi) is 24.9. The van der Waals surface area contributed by atoms with Crippen LogP contribution in [0.4, 0.5) is 4.39 Å². The Morgan fingerprint density at radius 1 is 0.436 bits per heavy atom. The van der Waals surface area contributed by atoms with E-state index < -0.39 is 0 Å². The molecule has 1 aromatic carbocycles. The highest BCUT2D eigenvalue weighted by Gasteiger charge is 2.21. The molecule has 0 radical (unpaired) electrons. The SMILES string of the molecule is CCCCCCCCCCc1c(F)c(I)c(CCCCCCCCCC)c(CCCCCCCCCC)c1Br. The van der Waals surface area contributed by atoms with Crippen LogP contribution in [0.2, 0.25) is 0 Å². The molecule has 0 unspecified atom stereocenters. The second-order valence-electron chi connectivity index (χ2n) is 12.1. The quantitative estimate of drug-likeness (QED) is 0.0482. The first kappa shape index (κ1) is 37.4. The highest BCUT2D eigenvalue weighted by molar-refractivity contribution is 14.1. The van der Waals surface area contributed by atoms with Crippen molar-refractivity contribution in [3.63, 3.8) is 0 Å². The molecule has 228 valence electrons. The van der Waals surface area contributed by atoms with E-state index in [9.17, 15) is 0 Å². The van der Waals surface area contributed by atoms with E-state index in [4.69, 9.17) is 0 Å². The Bertz CT molecular complexity index is 717. The Morgan fingerprint density at radius 2 is 0.718 bits per heavy atom. The van der Waals surface area contributed by atoms with Crippen LogP contribution in [-0.4, -0.2) is 0 Å². The molecule has 0 amide bonds. The second-order valence-corrected chi connectivity index (χ2v) is 13.9. The summed E-state index contributed by atoms with van der Waals surface area (Å²) in [5.74, 6) is 0.0691. The summed E-state index contributed by atoms with van der Waals surface area (Å²) in [5, 5.41) is 0. The van der Waals surface area contributed by atoms with E-state index in [0.29, 0.717) is 0 Å². The number of unbranched alkanes of at least 4 members (excludes halogenated alkanes) is 21. The van der Waals surface area contributed by atoms with Gasteiger partial charge in [-0.3, -0.25) is 0 Å². The molecular weight excluding hydrogens is 658 g/mol. The predicted molar refractivity (Wildman–Crippen MR) is 186 cm³/mol. The Labute approximate surface area is 266 Å². The Balaban J connectivity index is 2.73. The molecule has 3 heteroatoms. The summed E-state index contributed by atoms with van der Waals surface area (Å²) >= 11 is 6.29.